The van der Waals surface area contributed by atoms with Crippen molar-refractivity contribution in [1.82, 2.24) is 0 Å². The van der Waals surface area contributed by atoms with E-state index >= 15 is 0 Å². The average molecular weight is 222 g/mol. The van der Waals surface area contributed by atoms with Crippen molar-refractivity contribution in [1.29, 1.82) is 0 Å². The van der Waals surface area contributed by atoms with Gasteiger partial charge >= 0.3 is 5.97 Å². The predicted octanol–water partition coefficient (Wildman–Crippen LogP) is 1.60. The molecule has 2 rings (SSSR count). The van der Waals surface area contributed by atoms with Crippen LogP contribution in [0.5, 0.6) is 5.75 Å². The van der Waals surface area contributed by atoms with E-state index in [0.717, 1.165) is 5.56 Å². The summed E-state index contributed by atoms with van der Waals surface area (Å²) in [6, 6.07) is 1.75. The minimum Gasteiger partial charge on any atom is -0.507 e. The molecule has 16 heavy (non-hydrogen) atoms. The summed E-state index contributed by atoms with van der Waals surface area (Å²) >= 11 is 0. The smallest absolute Gasteiger partial charge is 0.342 e. The zero-order valence-corrected chi connectivity index (χ0v) is 9.44. The van der Waals surface area contributed by atoms with Gasteiger partial charge < -0.3 is 14.9 Å². The molecule has 1 aliphatic heterocycles. The lowest BCUT2D eigenvalue weighted by Gasteiger charge is -2.29. The fraction of sp³-hybridized carbons (Fsp3) is 0.417. The molecule has 0 spiro atoms. The number of cyclic esters (lactones) is 1. The summed E-state index contributed by atoms with van der Waals surface area (Å²) in [7, 11) is 0. The minimum atomic E-state index is -0.876. The Morgan fingerprint density at radius 1 is 1.31 bits per heavy atom. The summed E-state index contributed by atoms with van der Waals surface area (Å²) in [6.07, 6.45) is -1.46. The van der Waals surface area contributed by atoms with Crippen LogP contribution in [-0.4, -0.2) is 22.3 Å². The molecule has 0 unspecified atom stereocenters. The first-order chi connectivity index (χ1) is 7.43. The van der Waals surface area contributed by atoms with Crippen LogP contribution in [0.2, 0.25) is 0 Å². The van der Waals surface area contributed by atoms with Crippen molar-refractivity contribution < 1.29 is 19.7 Å². The van der Waals surface area contributed by atoms with Crippen molar-refractivity contribution >= 4 is 5.97 Å². The number of aliphatic hydroxyl groups is 1. The molecule has 0 aromatic heterocycles. The van der Waals surface area contributed by atoms with Gasteiger partial charge in [0.25, 0.3) is 0 Å². The Morgan fingerprint density at radius 3 is 2.56 bits per heavy atom. The van der Waals surface area contributed by atoms with Gasteiger partial charge in [-0.3, -0.25) is 0 Å². The SMILES string of the molecule is Cc1cc(C)c2c(c1O)C(=O)O[C@H](C)[C@@H]2O. The molecule has 0 bridgehead atoms. The number of phenols is 1. The quantitative estimate of drug-likeness (QED) is 0.654. The number of rotatable bonds is 0. The molecule has 0 saturated heterocycles. The first-order valence-electron chi connectivity index (χ1n) is 5.15. The molecule has 0 saturated carbocycles. The molecule has 2 N–H and O–H groups in total. The highest BCUT2D eigenvalue weighted by atomic mass is 16.6. The van der Waals surface area contributed by atoms with Crippen LogP contribution in [0.4, 0.5) is 0 Å². The summed E-state index contributed by atoms with van der Waals surface area (Å²) in [4.78, 5) is 11.7. The van der Waals surface area contributed by atoms with E-state index in [1.54, 1.807) is 26.8 Å². The lowest BCUT2D eigenvalue weighted by molar-refractivity contribution is -0.0219. The van der Waals surface area contributed by atoms with Crippen LogP contribution in [0.15, 0.2) is 6.07 Å². The molecule has 0 aliphatic carbocycles. The fourth-order valence-corrected chi connectivity index (χ4v) is 2.11. The van der Waals surface area contributed by atoms with Gasteiger partial charge in [-0.15, -0.1) is 0 Å². The molecule has 0 fully saturated rings. The molecule has 4 nitrogen and oxygen atoms in total. The van der Waals surface area contributed by atoms with Crippen molar-refractivity contribution in [3.63, 3.8) is 0 Å². The zero-order chi connectivity index (χ0) is 12.0. The van der Waals surface area contributed by atoms with Gasteiger partial charge in [0.2, 0.25) is 0 Å². The van der Waals surface area contributed by atoms with E-state index in [-0.39, 0.29) is 11.3 Å². The lowest BCUT2D eigenvalue weighted by Crippen LogP contribution is -2.30. The van der Waals surface area contributed by atoms with Gasteiger partial charge in [0.1, 0.15) is 23.5 Å². The van der Waals surface area contributed by atoms with E-state index in [1.807, 2.05) is 0 Å². The van der Waals surface area contributed by atoms with E-state index in [1.165, 1.54) is 0 Å². The number of fused-ring (bicyclic) bond motifs is 1. The minimum absolute atomic E-state index is 0.100. The lowest BCUT2D eigenvalue weighted by atomic mass is 9.89. The maximum Gasteiger partial charge on any atom is 0.342 e. The molecule has 4 heteroatoms. The van der Waals surface area contributed by atoms with Crippen LogP contribution in [0.1, 0.15) is 40.1 Å². The molecular formula is C12H14O4. The number of aromatic hydroxyl groups is 1. The standard InChI is InChI=1S/C12H14O4/c1-5-4-6(2)10(13)9-8(5)11(14)7(3)16-12(9)15/h4,7,11,13-14H,1-3H3/t7-,11+/m1/s1. The average Bonchev–Trinajstić information content (AvgIpc) is 2.20. The van der Waals surface area contributed by atoms with E-state index in [0.29, 0.717) is 11.1 Å². The predicted molar refractivity (Wildman–Crippen MR) is 57.4 cm³/mol. The Balaban J connectivity index is 2.75. The number of phenolic OH excluding ortho intramolecular Hbond substituents is 1. The molecule has 0 radical (unpaired) electrons. The van der Waals surface area contributed by atoms with E-state index in [9.17, 15) is 15.0 Å². The van der Waals surface area contributed by atoms with Gasteiger partial charge in [-0.05, 0) is 31.9 Å². The second-order valence-corrected chi connectivity index (χ2v) is 4.20. The van der Waals surface area contributed by atoms with Gasteiger partial charge in [0.15, 0.2) is 0 Å². The van der Waals surface area contributed by atoms with Crippen LogP contribution in [0.3, 0.4) is 0 Å². The second kappa shape index (κ2) is 3.49. The van der Waals surface area contributed by atoms with E-state index < -0.39 is 18.2 Å². The van der Waals surface area contributed by atoms with Crippen molar-refractivity contribution in [3.8, 4) is 5.75 Å². The molecule has 2 atom stereocenters. The number of esters is 1. The third kappa shape index (κ3) is 1.38. The normalized spacial score (nSPS) is 23.9. The highest BCUT2D eigenvalue weighted by Gasteiger charge is 2.35. The largest absolute Gasteiger partial charge is 0.507 e. The van der Waals surface area contributed by atoms with E-state index in [2.05, 4.69) is 0 Å². The Hall–Kier alpha value is -1.55. The Labute approximate surface area is 93.5 Å². The monoisotopic (exact) mass is 222 g/mol. The molecule has 1 aliphatic rings. The fourth-order valence-electron chi connectivity index (χ4n) is 2.11. The molecular weight excluding hydrogens is 208 g/mol. The number of aliphatic hydroxyl groups excluding tert-OH is 1. The maximum absolute atomic E-state index is 11.7. The van der Waals surface area contributed by atoms with Crippen molar-refractivity contribution in [3.05, 3.63) is 28.3 Å². The third-order valence-corrected chi connectivity index (χ3v) is 2.97. The van der Waals surface area contributed by atoms with Crippen LogP contribution in [-0.2, 0) is 4.74 Å². The van der Waals surface area contributed by atoms with E-state index in [4.69, 9.17) is 4.74 Å². The van der Waals surface area contributed by atoms with Gasteiger partial charge in [0.05, 0.1) is 0 Å². The number of carbonyl (C=O) groups is 1. The number of hydrogen-bond donors (Lipinski definition) is 2. The molecule has 1 heterocycles. The van der Waals surface area contributed by atoms with Crippen molar-refractivity contribution in [2.24, 2.45) is 0 Å². The van der Waals surface area contributed by atoms with Crippen LogP contribution < -0.4 is 0 Å². The van der Waals surface area contributed by atoms with Gasteiger partial charge in [-0.2, -0.15) is 0 Å². The van der Waals surface area contributed by atoms with Gasteiger partial charge in [-0.25, -0.2) is 4.79 Å². The van der Waals surface area contributed by atoms with Gasteiger partial charge in [-0.1, -0.05) is 6.07 Å². The number of carbonyl (C=O) groups excluding carboxylic acids is 1. The number of ether oxygens (including phenoxy) is 1. The number of hydrogen-bond acceptors (Lipinski definition) is 4. The van der Waals surface area contributed by atoms with Gasteiger partial charge in [0, 0.05) is 5.56 Å². The topological polar surface area (TPSA) is 66.8 Å². The summed E-state index contributed by atoms with van der Waals surface area (Å²) in [5.74, 6) is -0.673. The summed E-state index contributed by atoms with van der Waals surface area (Å²) in [5, 5.41) is 19.8. The first-order valence-corrected chi connectivity index (χ1v) is 5.15. The zero-order valence-electron chi connectivity index (χ0n) is 9.44. The summed E-state index contributed by atoms with van der Waals surface area (Å²) in [5.41, 5.74) is 1.98. The van der Waals surface area contributed by atoms with Crippen LogP contribution >= 0.6 is 0 Å². The highest BCUT2D eigenvalue weighted by Crippen LogP contribution is 2.38. The Bertz CT molecular complexity index is 465. The summed E-state index contributed by atoms with van der Waals surface area (Å²) in [6.45, 7) is 5.14. The second-order valence-electron chi connectivity index (χ2n) is 4.20. The Kier molecular flexibility index (Phi) is 2.39. The molecule has 1 aromatic carbocycles. The highest BCUT2D eigenvalue weighted by molar-refractivity contribution is 5.96. The van der Waals surface area contributed by atoms with Crippen molar-refractivity contribution in [2.45, 2.75) is 33.0 Å². The maximum atomic E-state index is 11.7. The number of benzene rings is 1. The number of aryl methyl sites for hydroxylation is 2. The summed E-state index contributed by atoms with van der Waals surface area (Å²) < 4.78 is 4.97. The molecule has 0 amide bonds. The van der Waals surface area contributed by atoms with Crippen LogP contribution in [0.25, 0.3) is 0 Å². The first kappa shape index (κ1) is 11.0. The Morgan fingerprint density at radius 2 is 1.94 bits per heavy atom. The van der Waals surface area contributed by atoms with Crippen LogP contribution in [0, 0.1) is 13.8 Å². The molecule has 1 aromatic rings. The molecule has 86 valence electrons. The third-order valence-electron chi connectivity index (χ3n) is 2.97. The van der Waals surface area contributed by atoms with Crippen molar-refractivity contribution in [2.75, 3.05) is 0 Å².